The number of benzene rings is 1. The molecule has 0 unspecified atom stereocenters. The Hall–Kier alpha value is -2.50. The number of likely N-dealkylation sites (tertiary alicyclic amines) is 1. The molecule has 2 amide bonds. The van der Waals surface area contributed by atoms with Crippen molar-refractivity contribution in [3.05, 3.63) is 30.3 Å². The molecule has 2 aliphatic rings. The van der Waals surface area contributed by atoms with E-state index in [1.807, 2.05) is 0 Å². The van der Waals surface area contributed by atoms with Gasteiger partial charge in [0.15, 0.2) is 0 Å². The summed E-state index contributed by atoms with van der Waals surface area (Å²) >= 11 is 0. The summed E-state index contributed by atoms with van der Waals surface area (Å²) < 4.78 is 27.0. The van der Waals surface area contributed by atoms with Gasteiger partial charge in [-0.05, 0) is 63.2 Å². The zero-order valence-corrected chi connectivity index (χ0v) is 20.1. The number of carboxylic acids is 1. The summed E-state index contributed by atoms with van der Waals surface area (Å²) in [4.78, 5) is 38.7. The molecule has 2 aliphatic heterocycles. The van der Waals surface area contributed by atoms with E-state index >= 15 is 0 Å². The number of hydrogen-bond acceptors (Lipinski definition) is 6. The van der Waals surface area contributed by atoms with Crippen LogP contribution < -0.4 is 15.4 Å². The number of piperidine rings is 2. The molecule has 1 aromatic rings. The van der Waals surface area contributed by atoms with Gasteiger partial charge in [0, 0.05) is 26.1 Å². The number of carbonyl (C=O) groups is 3. The number of carbonyl (C=O) groups excluding carboxylic acids is 2. The average molecular weight is 495 g/mol. The summed E-state index contributed by atoms with van der Waals surface area (Å²) in [7, 11) is -4.05. The Bertz CT molecular complexity index is 949. The molecule has 2 atom stereocenters. The lowest BCUT2D eigenvalue weighted by molar-refractivity contribution is -0.139. The lowest BCUT2D eigenvalue weighted by Crippen LogP contribution is -2.51. The minimum absolute atomic E-state index is 0.0510. The van der Waals surface area contributed by atoms with E-state index in [4.69, 9.17) is 0 Å². The number of carboxylic acid groups (broad SMARTS) is 1. The minimum atomic E-state index is -4.05. The molecule has 2 fully saturated rings. The van der Waals surface area contributed by atoms with Crippen molar-refractivity contribution in [2.75, 3.05) is 32.7 Å². The molecule has 0 radical (unpaired) electrons. The fourth-order valence-corrected chi connectivity index (χ4v) is 5.67. The largest absolute Gasteiger partial charge is 0.480 e. The maximum atomic E-state index is 12.7. The smallest absolute Gasteiger partial charge is 0.323 e. The first kappa shape index (κ1) is 26.1. The van der Waals surface area contributed by atoms with Crippen molar-refractivity contribution < 1.29 is 27.9 Å². The normalized spacial score (nSPS) is 20.5. The molecule has 0 spiro atoms. The molecule has 34 heavy (non-hydrogen) atoms. The number of rotatable bonds is 10. The Morgan fingerprint density at radius 2 is 1.82 bits per heavy atom. The maximum absolute atomic E-state index is 12.7. The van der Waals surface area contributed by atoms with E-state index in [2.05, 4.69) is 15.4 Å². The van der Waals surface area contributed by atoms with Crippen molar-refractivity contribution >= 4 is 27.8 Å². The molecule has 4 N–H and O–H groups in total. The van der Waals surface area contributed by atoms with Gasteiger partial charge in [-0.25, -0.2) is 8.42 Å². The van der Waals surface area contributed by atoms with Gasteiger partial charge in [-0.3, -0.25) is 14.4 Å². The van der Waals surface area contributed by atoms with Crippen LogP contribution in [0.15, 0.2) is 35.2 Å². The molecular formula is C23H34N4O6S. The Balaban J connectivity index is 1.49. The van der Waals surface area contributed by atoms with Crippen LogP contribution >= 0.6 is 0 Å². The zero-order chi connectivity index (χ0) is 24.6. The fourth-order valence-electron chi connectivity index (χ4n) is 4.46. The highest BCUT2D eigenvalue weighted by Gasteiger charge is 2.31. The molecule has 0 aliphatic carbocycles. The Kier molecular flexibility index (Phi) is 9.43. The van der Waals surface area contributed by atoms with Crippen LogP contribution in [0.25, 0.3) is 0 Å². The molecule has 11 heteroatoms. The van der Waals surface area contributed by atoms with E-state index in [1.54, 1.807) is 11.0 Å². The van der Waals surface area contributed by atoms with Crippen LogP contribution in [0.4, 0.5) is 0 Å². The summed E-state index contributed by atoms with van der Waals surface area (Å²) in [5, 5.41) is 15.3. The van der Waals surface area contributed by atoms with Crippen LogP contribution in [0.2, 0.25) is 0 Å². The van der Waals surface area contributed by atoms with Crippen molar-refractivity contribution in [1.29, 1.82) is 0 Å². The third-order valence-electron chi connectivity index (χ3n) is 6.50. The van der Waals surface area contributed by atoms with E-state index in [1.165, 1.54) is 24.3 Å². The molecule has 2 heterocycles. The molecule has 10 nitrogen and oxygen atoms in total. The van der Waals surface area contributed by atoms with Gasteiger partial charge in [0.05, 0.1) is 10.8 Å². The summed E-state index contributed by atoms with van der Waals surface area (Å²) in [6.45, 7) is 2.50. The highest BCUT2D eigenvalue weighted by atomic mass is 32.2. The second-order valence-electron chi connectivity index (χ2n) is 8.98. The van der Waals surface area contributed by atoms with E-state index < -0.39 is 28.0 Å². The molecule has 1 aromatic carbocycles. The van der Waals surface area contributed by atoms with Crippen LogP contribution in [0.1, 0.15) is 38.5 Å². The minimum Gasteiger partial charge on any atom is -0.480 e. The predicted octanol–water partition coefficient (Wildman–Crippen LogP) is 0.553. The van der Waals surface area contributed by atoms with E-state index in [9.17, 15) is 27.9 Å². The molecule has 2 saturated heterocycles. The lowest BCUT2D eigenvalue weighted by Gasteiger charge is -2.33. The predicted molar refractivity (Wildman–Crippen MR) is 125 cm³/mol. The van der Waals surface area contributed by atoms with Gasteiger partial charge in [-0.1, -0.05) is 18.2 Å². The Labute approximate surface area is 200 Å². The van der Waals surface area contributed by atoms with Crippen molar-refractivity contribution in [2.45, 2.75) is 49.5 Å². The standard InChI is InChI=1S/C23H34N4O6S/c28-21(9-8-17-10-12-24-13-11-17)27-14-4-5-18(16-27)22(29)25-15-20(23(30)31)26-34(32,33)19-6-2-1-3-7-19/h1-3,6-7,17-18,20,24,26H,4-5,8-16H2,(H,25,29)(H,30,31)/t18-,20+/m1/s1. The van der Waals surface area contributed by atoms with E-state index in [0.717, 1.165) is 32.4 Å². The Morgan fingerprint density at radius 1 is 1.12 bits per heavy atom. The maximum Gasteiger partial charge on any atom is 0.323 e. The second kappa shape index (κ2) is 12.3. The van der Waals surface area contributed by atoms with E-state index in [0.29, 0.717) is 38.3 Å². The first-order valence-corrected chi connectivity index (χ1v) is 13.3. The zero-order valence-electron chi connectivity index (χ0n) is 19.2. The average Bonchev–Trinajstić information content (AvgIpc) is 2.86. The van der Waals surface area contributed by atoms with Gasteiger partial charge in [-0.15, -0.1) is 0 Å². The fraction of sp³-hybridized carbons (Fsp3) is 0.609. The third kappa shape index (κ3) is 7.51. The van der Waals surface area contributed by atoms with Crippen molar-refractivity contribution in [1.82, 2.24) is 20.3 Å². The third-order valence-corrected chi connectivity index (χ3v) is 7.99. The van der Waals surface area contributed by atoms with Gasteiger partial charge in [0.25, 0.3) is 0 Å². The molecule has 0 saturated carbocycles. The molecule has 188 valence electrons. The van der Waals surface area contributed by atoms with Gasteiger partial charge >= 0.3 is 5.97 Å². The lowest BCUT2D eigenvalue weighted by atomic mass is 9.92. The first-order chi connectivity index (χ1) is 16.3. The number of sulfonamides is 1. The molecule has 0 aromatic heterocycles. The van der Waals surface area contributed by atoms with E-state index in [-0.39, 0.29) is 23.3 Å². The van der Waals surface area contributed by atoms with Gasteiger partial charge < -0.3 is 20.6 Å². The van der Waals surface area contributed by atoms with Crippen LogP contribution in [-0.2, 0) is 24.4 Å². The van der Waals surface area contributed by atoms with Crippen LogP contribution in [0.5, 0.6) is 0 Å². The van der Waals surface area contributed by atoms with Gasteiger partial charge in [0.1, 0.15) is 6.04 Å². The van der Waals surface area contributed by atoms with Gasteiger partial charge in [0.2, 0.25) is 21.8 Å². The van der Waals surface area contributed by atoms with Crippen molar-refractivity contribution in [3.63, 3.8) is 0 Å². The highest BCUT2D eigenvalue weighted by Crippen LogP contribution is 2.21. The molecule has 3 rings (SSSR count). The van der Waals surface area contributed by atoms with Crippen molar-refractivity contribution in [2.24, 2.45) is 11.8 Å². The topological polar surface area (TPSA) is 145 Å². The first-order valence-electron chi connectivity index (χ1n) is 11.8. The summed E-state index contributed by atoms with van der Waals surface area (Å²) in [5.74, 6) is -1.60. The summed E-state index contributed by atoms with van der Waals surface area (Å²) in [5.41, 5.74) is 0. The van der Waals surface area contributed by atoms with Gasteiger partial charge in [-0.2, -0.15) is 4.72 Å². The van der Waals surface area contributed by atoms with Crippen LogP contribution in [0.3, 0.4) is 0 Å². The molecular weight excluding hydrogens is 460 g/mol. The highest BCUT2D eigenvalue weighted by molar-refractivity contribution is 7.89. The Morgan fingerprint density at radius 3 is 2.50 bits per heavy atom. The summed E-state index contributed by atoms with van der Waals surface area (Å²) in [6, 6.07) is 5.93. The van der Waals surface area contributed by atoms with Crippen LogP contribution in [0, 0.1) is 11.8 Å². The number of nitrogens with one attached hydrogen (secondary N) is 3. The number of amides is 2. The summed E-state index contributed by atoms with van der Waals surface area (Å²) in [6.07, 6.45) is 4.78. The second-order valence-corrected chi connectivity index (χ2v) is 10.7. The monoisotopic (exact) mass is 494 g/mol. The number of hydrogen-bond donors (Lipinski definition) is 4. The quantitative estimate of drug-likeness (QED) is 0.372. The van der Waals surface area contributed by atoms with Crippen molar-refractivity contribution in [3.8, 4) is 0 Å². The number of aliphatic carboxylic acids is 1. The molecule has 0 bridgehead atoms. The number of nitrogens with zero attached hydrogens (tertiary/aromatic N) is 1. The SMILES string of the molecule is O=C(NC[C@H](NS(=O)(=O)c1ccccc1)C(=O)O)[C@@H]1CCCN(C(=O)CCC2CCNCC2)C1. The van der Waals surface area contributed by atoms with Crippen LogP contribution in [-0.4, -0.2) is 75.0 Å².